The molecular weight excluding hydrogens is 386 g/mol. The molecular formula is C31H59N. The molecule has 1 heteroatoms. The third-order valence-corrected chi connectivity index (χ3v) is 7.19. The van der Waals surface area contributed by atoms with E-state index in [1.165, 1.54) is 167 Å². The highest BCUT2D eigenvalue weighted by Gasteiger charge is 1.96. The topological polar surface area (TPSA) is 4.93 Å². The van der Waals surface area contributed by atoms with Crippen LogP contribution < -0.4 is 0 Å². The molecule has 0 N–H and O–H groups in total. The maximum atomic E-state index is 2.30. The van der Waals surface area contributed by atoms with E-state index in [2.05, 4.69) is 36.0 Å². The zero-order valence-corrected chi connectivity index (χ0v) is 22.1. The summed E-state index contributed by atoms with van der Waals surface area (Å²) in [7, 11) is 0. The van der Waals surface area contributed by atoms with Gasteiger partial charge in [0.25, 0.3) is 0 Å². The van der Waals surface area contributed by atoms with E-state index in [0.29, 0.717) is 0 Å². The molecule has 1 rings (SSSR count). The normalized spacial score (nSPS) is 11.4. The number of aromatic nitrogens is 1. The molecule has 0 atom stereocenters. The van der Waals surface area contributed by atoms with Crippen LogP contribution in [0.25, 0.3) is 0 Å². The van der Waals surface area contributed by atoms with Gasteiger partial charge in [0.1, 0.15) is 0 Å². The van der Waals surface area contributed by atoms with Crippen molar-refractivity contribution in [3.63, 3.8) is 0 Å². The van der Waals surface area contributed by atoms with Gasteiger partial charge in [0, 0.05) is 18.9 Å². The number of hydrogen-bond donors (Lipinski definition) is 0. The monoisotopic (exact) mass is 445 g/mol. The molecule has 188 valence electrons. The molecule has 0 radical (unpaired) electrons. The van der Waals surface area contributed by atoms with E-state index >= 15 is 0 Å². The number of rotatable bonds is 26. The van der Waals surface area contributed by atoms with Crippen molar-refractivity contribution in [2.75, 3.05) is 0 Å². The summed E-state index contributed by atoms with van der Waals surface area (Å²) in [6, 6.07) is 4.25. The Morgan fingerprint density at radius 2 is 0.594 bits per heavy atom. The van der Waals surface area contributed by atoms with Gasteiger partial charge in [-0.2, -0.15) is 0 Å². The predicted octanol–water partition coefficient (Wildman–Crippen LogP) is 11.3. The first-order valence-electron chi connectivity index (χ1n) is 15.0. The van der Waals surface area contributed by atoms with Crippen molar-refractivity contribution in [2.45, 2.75) is 174 Å². The Labute approximate surface area is 203 Å². The van der Waals surface area contributed by atoms with Crippen LogP contribution in [0.2, 0.25) is 0 Å². The van der Waals surface area contributed by atoms with Gasteiger partial charge in [0.15, 0.2) is 0 Å². The summed E-state index contributed by atoms with van der Waals surface area (Å²) >= 11 is 0. The van der Waals surface area contributed by atoms with Crippen LogP contribution >= 0.6 is 0 Å². The molecule has 0 fully saturated rings. The van der Waals surface area contributed by atoms with Crippen molar-refractivity contribution in [1.29, 1.82) is 0 Å². The first-order valence-corrected chi connectivity index (χ1v) is 15.0. The molecule has 0 saturated heterocycles. The standard InChI is InChI=1S/C31H59N/c1-2-3-4-5-6-7-8-9-10-11-12-13-14-15-16-17-18-19-20-21-22-23-24-25-26-29-32-30-27-28-31-32/h27-28,30-31H,2-26,29H2,1H3. The summed E-state index contributed by atoms with van der Waals surface area (Å²) in [4.78, 5) is 0. The molecule has 0 aliphatic carbocycles. The van der Waals surface area contributed by atoms with Gasteiger partial charge in [-0.25, -0.2) is 0 Å². The van der Waals surface area contributed by atoms with Crippen LogP contribution in [0.5, 0.6) is 0 Å². The lowest BCUT2D eigenvalue weighted by molar-refractivity contribution is 0.513. The third kappa shape index (κ3) is 21.1. The van der Waals surface area contributed by atoms with Gasteiger partial charge in [-0.05, 0) is 18.6 Å². The van der Waals surface area contributed by atoms with E-state index in [0.717, 1.165) is 0 Å². The molecule has 32 heavy (non-hydrogen) atoms. The van der Waals surface area contributed by atoms with E-state index in [9.17, 15) is 0 Å². The van der Waals surface area contributed by atoms with E-state index in [-0.39, 0.29) is 0 Å². The lowest BCUT2D eigenvalue weighted by Gasteiger charge is -2.05. The lowest BCUT2D eigenvalue weighted by atomic mass is 10.0. The second-order valence-corrected chi connectivity index (χ2v) is 10.4. The first-order chi connectivity index (χ1) is 15.9. The molecule has 0 spiro atoms. The molecule has 1 heterocycles. The highest BCUT2D eigenvalue weighted by molar-refractivity contribution is 4.89. The zero-order valence-electron chi connectivity index (χ0n) is 22.1. The van der Waals surface area contributed by atoms with Crippen LogP contribution in [0.15, 0.2) is 24.5 Å². The van der Waals surface area contributed by atoms with Crippen LogP contribution in [0.3, 0.4) is 0 Å². The van der Waals surface area contributed by atoms with Crippen molar-refractivity contribution in [1.82, 2.24) is 4.57 Å². The van der Waals surface area contributed by atoms with E-state index < -0.39 is 0 Å². The number of hydrogen-bond acceptors (Lipinski definition) is 0. The maximum absolute atomic E-state index is 2.30. The summed E-state index contributed by atoms with van der Waals surface area (Å²) < 4.78 is 2.30. The fourth-order valence-corrected chi connectivity index (χ4v) is 4.95. The number of nitrogens with zero attached hydrogens (tertiary/aromatic N) is 1. The fourth-order valence-electron chi connectivity index (χ4n) is 4.95. The number of aryl methyl sites for hydroxylation is 1. The molecule has 0 unspecified atom stereocenters. The molecule has 0 bridgehead atoms. The smallest absolute Gasteiger partial charge is 0.0219 e. The second-order valence-electron chi connectivity index (χ2n) is 10.4. The SMILES string of the molecule is CCCCCCCCCCCCCCCCCCCCCCCCCCCn1cccc1. The van der Waals surface area contributed by atoms with Gasteiger partial charge in [0.2, 0.25) is 0 Å². The fraction of sp³-hybridized carbons (Fsp3) is 0.871. The Morgan fingerprint density at radius 1 is 0.344 bits per heavy atom. The van der Waals surface area contributed by atoms with E-state index in [1.807, 2.05) is 0 Å². The first kappa shape index (κ1) is 29.3. The Bertz CT molecular complexity index is 435. The van der Waals surface area contributed by atoms with E-state index in [4.69, 9.17) is 0 Å². The Kier molecular flexibility index (Phi) is 22.8. The predicted molar refractivity (Wildman–Crippen MR) is 146 cm³/mol. The lowest BCUT2D eigenvalue weighted by Crippen LogP contribution is -1.93. The summed E-state index contributed by atoms with van der Waals surface area (Å²) in [5.41, 5.74) is 0. The molecule has 1 aromatic rings. The zero-order chi connectivity index (χ0) is 22.8. The van der Waals surface area contributed by atoms with Crippen molar-refractivity contribution < 1.29 is 0 Å². The molecule has 0 amide bonds. The minimum atomic E-state index is 1.20. The minimum Gasteiger partial charge on any atom is -0.354 e. The van der Waals surface area contributed by atoms with Crippen molar-refractivity contribution >= 4 is 0 Å². The molecule has 0 aliphatic heterocycles. The van der Waals surface area contributed by atoms with Gasteiger partial charge in [-0.15, -0.1) is 0 Å². The molecule has 1 nitrogen and oxygen atoms in total. The van der Waals surface area contributed by atoms with Gasteiger partial charge < -0.3 is 4.57 Å². The average Bonchev–Trinajstić information content (AvgIpc) is 3.32. The highest BCUT2D eigenvalue weighted by Crippen LogP contribution is 2.15. The third-order valence-electron chi connectivity index (χ3n) is 7.19. The molecule has 0 aromatic carbocycles. The van der Waals surface area contributed by atoms with Gasteiger partial charge in [-0.1, -0.05) is 161 Å². The quantitative estimate of drug-likeness (QED) is 0.125. The van der Waals surface area contributed by atoms with Crippen LogP contribution in [-0.2, 0) is 6.54 Å². The summed E-state index contributed by atoms with van der Waals surface area (Å²) in [5.74, 6) is 0. The summed E-state index contributed by atoms with van der Waals surface area (Å²) in [6.45, 7) is 3.50. The maximum Gasteiger partial charge on any atom is 0.0219 e. The van der Waals surface area contributed by atoms with Gasteiger partial charge in [0.05, 0.1) is 0 Å². The largest absolute Gasteiger partial charge is 0.354 e. The highest BCUT2D eigenvalue weighted by atomic mass is 14.9. The number of unbranched alkanes of at least 4 members (excludes halogenated alkanes) is 24. The van der Waals surface area contributed by atoms with Crippen LogP contribution in [0.4, 0.5) is 0 Å². The van der Waals surface area contributed by atoms with Crippen LogP contribution in [0.1, 0.15) is 167 Å². The van der Waals surface area contributed by atoms with Gasteiger partial charge >= 0.3 is 0 Å². The van der Waals surface area contributed by atoms with E-state index in [1.54, 1.807) is 0 Å². The molecule has 0 saturated carbocycles. The van der Waals surface area contributed by atoms with Crippen molar-refractivity contribution in [3.8, 4) is 0 Å². The Hall–Kier alpha value is -0.720. The van der Waals surface area contributed by atoms with Crippen LogP contribution in [0, 0.1) is 0 Å². The Morgan fingerprint density at radius 3 is 0.875 bits per heavy atom. The Balaban J connectivity index is 1.62. The second kappa shape index (κ2) is 24.9. The summed E-state index contributed by atoms with van der Waals surface area (Å²) in [5, 5.41) is 0. The molecule has 0 aliphatic rings. The average molecular weight is 446 g/mol. The van der Waals surface area contributed by atoms with Gasteiger partial charge in [-0.3, -0.25) is 0 Å². The molecule has 1 aromatic heterocycles. The van der Waals surface area contributed by atoms with Crippen LogP contribution in [-0.4, -0.2) is 4.57 Å². The van der Waals surface area contributed by atoms with Crippen molar-refractivity contribution in [3.05, 3.63) is 24.5 Å². The minimum absolute atomic E-state index is 1.20. The summed E-state index contributed by atoms with van der Waals surface area (Å²) in [6.07, 6.45) is 40.9. The van der Waals surface area contributed by atoms with Crippen molar-refractivity contribution in [2.24, 2.45) is 0 Å².